The number of carbonyl (C=O) groups is 2. The molecule has 0 bridgehead atoms. The Balaban J connectivity index is 1.72. The number of piperidine rings is 1. The maximum absolute atomic E-state index is 12.7. The first-order valence-electron chi connectivity index (χ1n) is 8.15. The first-order valence-corrected chi connectivity index (χ1v) is 8.15. The van der Waals surface area contributed by atoms with Crippen LogP contribution in [-0.2, 0) is 22.7 Å². The second-order valence-electron chi connectivity index (χ2n) is 6.67. The van der Waals surface area contributed by atoms with Gasteiger partial charge in [0.1, 0.15) is 11.9 Å². The van der Waals surface area contributed by atoms with E-state index in [2.05, 4.69) is 22.0 Å². The summed E-state index contributed by atoms with van der Waals surface area (Å²) in [5, 5.41) is 8.12. The van der Waals surface area contributed by atoms with Crippen molar-refractivity contribution in [2.24, 2.45) is 11.7 Å². The molecule has 0 aliphatic carbocycles. The third kappa shape index (κ3) is 3.21. The topological polar surface area (TPSA) is 97.4 Å². The highest BCUT2D eigenvalue weighted by atomic mass is 16.2. The smallest absolute Gasteiger partial charge is 0.242 e. The maximum Gasteiger partial charge on any atom is 0.242 e. The van der Waals surface area contributed by atoms with Gasteiger partial charge in [-0.1, -0.05) is 6.92 Å². The molecule has 3 rings (SSSR count). The van der Waals surface area contributed by atoms with Crippen molar-refractivity contribution in [1.29, 1.82) is 0 Å². The fourth-order valence-corrected chi connectivity index (χ4v) is 3.32. The Bertz CT molecular complexity index is 605. The maximum atomic E-state index is 12.7. The molecule has 1 aromatic heterocycles. The minimum Gasteiger partial charge on any atom is -0.368 e. The Kier molecular flexibility index (Phi) is 4.34. The summed E-state index contributed by atoms with van der Waals surface area (Å²) in [5.41, 5.74) is 5.52. The summed E-state index contributed by atoms with van der Waals surface area (Å²) in [6.45, 7) is 6.89. The lowest BCUT2D eigenvalue weighted by molar-refractivity contribution is -0.143. The molecule has 0 aromatic carbocycles. The number of rotatable bonds is 3. The molecule has 23 heavy (non-hydrogen) atoms. The van der Waals surface area contributed by atoms with E-state index in [0.717, 1.165) is 37.7 Å². The number of amides is 2. The number of carbonyl (C=O) groups excluding carboxylic acids is 2. The van der Waals surface area contributed by atoms with Crippen molar-refractivity contribution in [3.63, 3.8) is 0 Å². The van der Waals surface area contributed by atoms with Gasteiger partial charge < -0.3 is 15.2 Å². The van der Waals surface area contributed by atoms with Gasteiger partial charge in [0.15, 0.2) is 5.82 Å². The van der Waals surface area contributed by atoms with Crippen LogP contribution in [0.2, 0.25) is 0 Å². The van der Waals surface area contributed by atoms with Crippen LogP contribution < -0.4 is 5.73 Å². The van der Waals surface area contributed by atoms with Crippen LogP contribution in [0.1, 0.15) is 31.4 Å². The van der Waals surface area contributed by atoms with Crippen molar-refractivity contribution in [2.45, 2.75) is 45.8 Å². The second kappa shape index (κ2) is 6.27. The minimum absolute atomic E-state index is 0.0599. The molecule has 8 nitrogen and oxygen atoms in total. The second-order valence-corrected chi connectivity index (χ2v) is 6.67. The van der Waals surface area contributed by atoms with E-state index in [1.807, 2.05) is 11.5 Å². The van der Waals surface area contributed by atoms with E-state index in [9.17, 15) is 9.59 Å². The number of aryl methyl sites for hydroxylation is 1. The van der Waals surface area contributed by atoms with Crippen LogP contribution in [0.15, 0.2) is 0 Å². The molecule has 3 heterocycles. The summed E-state index contributed by atoms with van der Waals surface area (Å²) < 4.78 is 1.86. The number of nitrogens with two attached hydrogens (primary N) is 1. The fraction of sp³-hybridized carbons (Fsp3) is 0.733. The van der Waals surface area contributed by atoms with Gasteiger partial charge in [-0.05, 0) is 38.8 Å². The quantitative estimate of drug-likeness (QED) is 0.811. The third-order valence-electron chi connectivity index (χ3n) is 4.94. The molecule has 2 aliphatic heterocycles. The summed E-state index contributed by atoms with van der Waals surface area (Å²) in [7, 11) is 0. The van der Waals surface area contributed by atoms with Gasteiger partial charge in [-0.3, -0.25) is 14.5 Å². The van der Waals surface area contributed by atoms with Gasteiger partial charge in [-0.25, -0.2) is 0 Å². The molecule has 8 heteroatoms. The molecule has 2 N–H and O–H groups in total. The largest absolute Gasteiger partial charge is 0.368 e. The Morgan fingerprint density at radius 3 is 2.61 bits per heavy atom. The van der Waals surface area contributed by atoms with Crippen molar-refractivity contribution in [2.75, 3.05) is 19.6 Å². The first-order chi connectivity index (χ1) is 11.0. The van der Waals surface area contributed by atoms with E-state index in [0.29, 0.717) is 18.9 Å². The predicted molar refractivity (Wildman–Crippen MR) is 83.1 cm³/mol. The number of hydrogen-bond acceptors (Lipinski definition) is 5. The zero-order valence-corrected chi connectivity index (χ0v) is 13.7. The normalized spacial score (nSPS) is 22.9. The number of nitrogens with zero attached hydrogens (tertiary/aromatic N) is 5. The van der Waals surface area contributed by atoms with Gasteiger partial charge in [0.25, 0.3) is 0 Å². The standard InChI is InChI=1S/C15H24N6O2/c1-10-3-5-19(6-4-10)9-14(22)21-8-13-18-17-11(2)20(13)7-12(21)15(16)23/h10,12H,3-9H2,1-2H3,(H2,16,23). The van der Waals surface area contributed by atoms with Gasteiger partial charge in [0.05, 0.1) is 19.6 Å². The van der Waals surface area contributed by atoms with Crippen molar-refractivity contribution in [3.8, 4) is 0 Å². The number of primary amides is 1. The Labute approximate surface area is 135 Å². The Hall–Kier alpha value is -1.96. The molecule has 2 amide bonds. The van der Waals surface area contributed by atoms with Crippen LogP contribution in [0.5, 0.6) is 0 Å². The van der Waals surface area contributed by atoms with Crippen molar-refractivity contribution in [3.05, 3.63) is 11.6 Å². The molecular formula is C15H24N6O2. The highest BCUT2D eigenvalue weighted by Gasteiger charge is 2.35. The highest BCUT2D eigenvalue weighted by Crippen LogP contribution is 2.20. The number of aromatic nitrogens is 3. The summed E-state index contributed by atoms with van der Waals surface area (Å²) in [6, 6.07) is -0.631. The summed E-state index contributed by atoms with van der Waals surface area (Å²) >= 11 is 0. The molecule has 0 saturated carbocycles. The average molecular weight is 320 g/mol. The third-order valence-corrected chi connectivity index (χ3v) is 4.94. The minimum atomic E-state index is -0.631. The molecular weight excluding hydrogens is 296 g/mol. The van der Waals surface area contributed by atoms with Crippen molar-refractivity contribution >= 4 is 11.8 Å². The van der Waals surface area contributed by atoms with E-state index in [-0.39, 0.29) is 12.5 Å². The summed E-state index contributed by atoms with van der Waals surface area (Å²) in [6.07, 6.45) is 2.22. The van der Waals surface area contributed by atoms with E-state index in [1.54, 1.807) is 4.90 Å². The molecule has 126 valence electrons. The zero-order valence-electron chi connectivity index (χ0n) is 13.7. The number of likely N-dealkylation sites (tertiary alicyclic amines) is 1. The first kappa shape index (κ1) is 15.9. The van der Waals surface area contributed by atoms with Crippen LogP contribution >= 0.6 is 0 Å². The predicted octanol–water partition coefficient (Wildman–Crippen LogP) is -0.485. The monoisotopic (exact) mass is 320 g/mol. The van der Waals surface area contributed by atoms with Crippen LogP contribution in [0.4, 0.5) is 0 Å². The highest BCUT2D eigenvalue weighted by molar-refractivity contribution is 5.87. The van der Waals surface area contributed by atoms with Crippen molar-refractivity contribution in [1.82, 2.24) is 24.6 Å². The van der Waals surface area contributed by atoms with Gasteiger partial charge >= 0.3 is 0 Å². The summed E-state index contributed by atoms with van der Waals surface area (Å²) in [5.74, 6) is 1.62. The number of hydrogen-bond donors (Lipinski definition) is 1. The zero-order chi connectivity index (χ0) is 16.6. The molecule has 1 saturated heterocycles. The van der Waals surface area contributed by atoms with E-state index >= 15 is 0 Å². The molecule has 2 aliphatic rings. The van der Waals surface area contributed by atoms with Gasteiger partial charge in [-0.2, -0.15) is 0 Å². The van der Waals surface area contributed by atoms with Gasteiger partial charge in [0.2, 0.25) is 11.8 Å². The van der Waals surface area contributed by atoms with Gasteiger partial charge in [0, 0.05) is 0 Å². The average Bonchev–Trinajstić information content (AvgIpc) is 2.89. The number of fused-ring (bicyclic) bond motifs is 1. The fourth-order valence-electron chi connectivity index (χ4n) is 3.32. The molecule has 0 spiro atoms. The van der Waals surface area contributed by atoms with Crippen LogP contribution in [0.25, 0.3) is 0 Å². The van der Waals surface area contributed by atoms with Gasteiger partial charge in [-0.15, -0.1) is 10.2 Å². The van der Waals surface area contributed by atoms with E-state index in [1.165, 1.54) is 0 Å². The van der Waals surface area contributed by atoms with Crippen molar-refractivity contribution < 1.29 is 9.59 Å². The molecule has 1 atom stereocenters. The van der Waals surface area contributed by atoms with Crippen LogP contribution in [0, 0.1) is 12.8 Å². The van der Waals surface area contributed by atoms with Crippen LogP contribution in [-0.4, -0.2) is 62.1 Å². The molecule has 1 aromatic rings. The molecule has 0 radical (unpaired) electrons. The van der Waals surface area contributed by atoms with E-state index in [4.69, 9.17) is 5.73 Å². The summed E-state index contributed by atoms with van der Waals surface area (Å²) in [4.78, 5) is 28.2. The lowest BCUT2D eigenvalue weighted by Crippen LogP contribution is -2.55. The van der Waals surface area contributed by atoms with Crippen LogP contribution in [0.3, 0.4) is 0 Å². The Morgan fingerprint density at radius 2 is 1.96 bits per heavy atom. The molecule has 1 unspecified atom stereocenters. The lowest BCUT2D eigenvalue weighted by atomic mass is 9.99. The lowest BCUT2D eigenvalue weighted by Gasteiger charge is -2.36. The molecule has 1 fully saturated rings. The SMILES string of the molecule is Cc1nnc2n1CC(C(N)=O)N(C(=O)CN1CCC(C)CC1)C2. The Morgan fingerprint density at radius 1 is 1.26 bits per heavy atom. The van der Waals surface area contributed by atoms with E-state index < -0.39 is 11.9 Å².